The van der Waals surface area contributed by atoms with Crippen molar-refractivity contribution in [3.63, 3.8) is 0 Å². The monoisotopic (exact) mass is 507 g/mol. The van der Waals surface area contributed by atoms with Crippen LogP contribution in [0.1, 0.15) is 44.7 Å². The molecule has 3 N–H and O–H groups in total. The van der Waals surface area contributed by atoms with Gasteiger partial charge in [0.2, 0.25) is 11.8 Å². The summed E-state index contributed by atoms with van der Waals surface area (Å²) in [5, 5.41) is 6.27. The van der Waals surface area contributed by atoms with Crippen molar-refractivity contribution in [2.45, 2.75) is 64.8 Å². The van der Waals surface area contributed by atoms with Crippen molar-refractivity contribution >= 4 is 34.7 Å². The molecule has 9 heteroatoms. The summed E-state index contributed by atoms with van der Waals surface area (Å²) in [7, 11) is 0. The van der Waals surface area contributed by atoms with E-state index in [2.05, 4.69) is 15.6 Å². The summed E-state index contributed by atoms with van der Waals surface area (Å²) >= 11 is 0. The molecule has 0 saturated heterocycles. The number of para-hydroxylation sites is 1. The molecule has 2 amide bonds. The second kappa shape index (κ2) is 13.2. The zero-order valence-corrected chi connectivity index (χ0v) is 21.3. The number of rotatable bonds is 12. The lowest BCUT2D eigenvalue weighted by atomic mass is 10.0. The lowest BCUT2D eigenvalue weighted by molar-refractivity contribution is -0.152. The number of aromatic amines is 1. The number of benzene rings is 2. The van der Waals surface area contributed by atoms with Crippen LogP contribution in [-0.4, -0.2) is 46.9 Å². The molecule has 1 aromatic heterocycles. The van der Waals surface area contributed by atoms with Gasteiger partial charge in [-0.05, 0) is 37.5 Å². The average Bonchev–Trinajstić information content (AvgIpc) is 3.27. The number of esters is 2. The first-order valence-electron chi connectivity index (χ1n) is 12.3. The van der Waals surface area contributed by atoms with Gasteiger partial charge in [-0.2, -0.15) is 0 Å². The number of fused-ring (bicyclic) bond motifs is 1. The number of amides is 2. The first kappa shape index (κ1) is 27.4. The second-order valence-corrected chi connectivity index (χ2v) is 9.05. The van der Waals surface area contributed by atoms with E-state index in [1.807, 2.05) is 54.6 Å². The van der Waals surface area contributed by atoms with E-state index in [1.165, 1.54) is 6.92 Å². The molecule has 0 saturated carbocycles. The molecule has 3 rings (SSSR count). The molecular weight excluding hydrogens is 474 g/mol. The Morgan fingerprint density at radius 1 is 0.919 bits per heavy atom. The largest absolute Gasteiger partial charge is 0.461 e. The maximum atomic E-state index is 13.2. The van der Waals surface area contributed by atoms with E-state index in [0.29, 0.717) is 0 Å². The molecule has 37 heavy (non-hydrogen) atoms. The Balaban J connectivity index is 1.67. The summed E-state index contributed by atoms with van der Waals surface area (Å²) in [6.45, 7) is 4.83. The third-order valence-corrected chi connectivity index (χ3v) is 5.63. The SMILES string of the molecule is CC(=O)N[C@@H](Cc1c[nH]c2ccccc12)C(=O)N[C@@H](CCC(=O)OCc1ccccc1)C(=O)OC(C)C. The summed E-state index contributed by atoms with van der Waals surface area (Å²) in [6.07, 6.45) is 1.48. The summed E-state index contributed by atoms with van der Waals surface area (Å²) < 4.78 is 10.6. The maximum absolute atomic E-state index is 13.2. The van der Waals surface area contributed by atoms with Crippen LogP contribution >= 0.6 is 0 Å². The molecule has 0 bridgehead atoms. The average molecular weight is 508 g/mol. The highest BCUT2D eigenvalue weighted by Gasteiger charge is 2.29. The zero-order valence-electron chi connectivity index (χ0n) is 21.3. The van der Waals surface area contributed by atoms with Crippen molar-refractivity contribution in [3.8, 4) is 0 Å². The minimum absolute atomic E-state index is 0.00913. The molecule has 0 aliphatic heterocycles. The molecular formula is C28H33N3O6. The molecule has 2 aromatic carbocycles. The number of aromatic nitrogens is 1. The Morgan fingerprint density at radius 2 is 1.62 bits per heavy atom. The van der Waals surface area contributed by atoms with Crippen LogP contribution in [0.5, 0.6) is 0 Å². The summed E-state index contributed by atoms with van der Waals surface area (Å²) in [6, 6.07) is 14.9. The maximum Gasteiger partial charge on any atom is 0.328 e. The van der Waals surface area contributed by atoms with E-state index < -0.39 is 36.0 Å². The van der Waals surface area contributed by atoms with Gasteiger partial charge in [0.15, 0.2) is 0 Å². The topological polar surface area (TPSA) is 127 Å². The summed E-state index contributed by atoms with van der Waals surface area (Å²) in [4.78, 5) is 53.3. The predicted molar refractivity (Wildman–Crippen MR) is 138 cm³/mol. The quantitative estimate of drug-likeness (QED) is 0.323. The van der Waals surface area contributed by atoms with Gasteiger partial charge in [0.05, 0.1) is 6.10 Å². The second-order valence-electron chi connectivity index (χ2n) is 9.05. The Kier molecular flexibility index (Phi) is 9.83. The van der Waals surface area contributed by atoms with Gasteiger partial charge in [-0.25, -0.2) is 4.79 Å². The van der Waals surface area contributed by atoms with E-state index in [-0.39, 0.29) is 31.8 Å². The number of nitrogens with one attached hydrogen (secondary N) is 3. The Morgan fingerprint density at radius 3 is 2.32 bits per heavy atom. The first-order valence-corrected chi connectivity index (χ1v) is 12.3. The van der Waals surface area contributed by atoms with Gasteiger partial charge in [-0.3, -0.25) is 14.4 Å². The summed E-state index contributed by atoms with van der Waals surface area (Å²) in [5.74, 6) is -2.10. The molecule has 9 nitrogen and oxygen atoms in total. The number of carbonyl (C=O) groups excluding carboxylic acids is 4. The van der Waals surface area contributed by atoms with Gasteiger partial charge in [0.1, 0.15) is 18.7 Å². The summed E-state index contributed by atoms with van der Waals surface area (Å²) in [5.41, 5.74) is 2.59. The van der Waals surface area contributed by atoms with E-state index in [4.69, 9.17) is 9.47 Å². The minimum atomic E-state index is -1.08. The molecule has 0 radical (unpaired) electrons. The van der Waals surface area contributed by atoms with Gasteiger partial charge >= 0.3 is 11.9 Å². The fourth-order valence-electron chi connectivity index (χ4n) is 3.88. The Labute approximate surface area is 215 Å². The van der Waals surface area contributed by atoms with Gasteiger partial charge in [-0.1, -0.05) is 48.5 Å². The third kappa shape index (κ3) is 8.49. The predicted octanol–water partition coefficient (Wildman–Crippen LogP) is 3.18. The van der Waals surface area contributed by atoms with Crippen molar-refractivity contribution in [2.75, 3.05) is 0 Å². The van der Waals surface area contributed by atoms with E-state index in [0.717, 1.165) is 22.0 Å². The van der Waals surface area contributed by atoms with Crippen molar-refractivity contribution in [2.24, 2.45) is 0 Å². The Hall–Kier alpha value is -4.14. The van der Waals surface area contributed by atoms with Crippen molar-refractivity contribution in [1.29, 1.82) is 0 Å². The fraction of sp³-hybridized carbons (Fsp3) is 0.357. The smallest absolute Gasteiger partial charge is 0.328 e. The van der Waals surface area contributed by atoms with Crippen LogP contribution in [0.25, 0.3) is 10.9 Å². The first-order chi connectivity index (χ1) is 17.7. The van der Waals surface area contributed by atoms with Crippen LogP contribution in [0.3, 0.4) is 0 Å². The molecule has 0 aliphatic carbocycles. The molecule has 196 valence electrons. The molecule has 3 aromatic rings. The van der Waals surface area contributed by atoms with Crippen LogP contribution in [-0.2, 0) is 41.7 Å². The molecule has 1 heterocycles. The third-order valence-electron chi connectivity index (χ3n) is 5.63. The van der Waals surface area contributed by atoms with Crippen LogP contribution in [0.15, 0.2) is 60.8 Å². The van der Waals surface area contributed by atoms with Gasteiger partial charge < -0.3 is 25.1 Å². The van der Waals surface area contributed by atoms with Crippen molar-refractivity contribution in [3.05, 3.63) is 71.9 Å². The highest BCUT2D eigenvalue weighted by molar-refractivity contribution is 5.92. The number of H-pyrrole nitrogens is 1. The van der Waals surface area contributed by atoms with E-state index in [1.54, 1.807) is 20.0 Å². The lowest BCUT2D eigenvalue weighted by Gasteiger charge is -2.23. The highest BCUT2D eigenvalue weighted by atomic mass is 16.5. The van der Waals surface area contributed by atoms with Gasteiger partial charge in [0.25, 0.3) is 0 Å². The minimum Gasteiger partial charge on any atom is -0.461 e. The molecule has 0 aliphatic rings. The normalized spacial score (nSPS) is 12.5. The number of hydrogen-bond acceptors (Lipinski definition) is 6. The van der Waals surface area contributed by atoms with Gasteiger partial charge in [0, 0.05) is 36.9 Å². The zero-order chi connectivity index (χ0) is 26.8. The fourth-order valence-corrected chi connectivity index (χ4v) is 3.88. The van der Waals surface area contributed by atoms with Crippen molar-refractivity contribution < 1.29 is 28.7 Å². The van der Waals surface area contributed by atoms with Crippen molar-refractivity contribution in [1.82, 2.24) is 15.6 Å². The number of carbonyl (C=O) groups is 4. The van der Waals surface area contributed by atoms with Gasteiger partial charge in [-0.15, -0.1) is 0 Å². The van der Waals surface area contributed by atoms with Crippen LogP contribution < -0.4 is 10.6 Å². The Bertz CT molecular complexity index is 1220. The standard InChI is InChI=1S/C28H33N3O6/c1-18(2)37-28(35)24(13-14-26(33)36-17-20-9-5-4-6-10-20)31-27(34)25(30-19(3)32)15-21-16-29-23-12-8-7-11-22(21)23/h4-12,16,18,24-25,29H,13-15,17H2,1-3H3,(H,30,32)(H,31,34)/t24-,25-/m0/s1. The number of ether oxygens (including phenoxy) is 2. The molecule has 0 spiro atoms. The lowest BCUT2D eigenvalue weighted by Crippen LogP contribution is -2.52. The van der Waals surface area contributed by atoms with E-state index in [9.17, 15) is 19.2 Å². The van der Waals surface area contributed by atoms with Crippen LogP contribution in [0.4, 0.5) is 0 Å². The number of hydrogen-bond donors (Lipinski definition) is 3. The van der Waals surface area contributed by atoms with Crippen LogP contribution in [0, 0.1) is 0 Å². The molecule has 2 atom stereocenters. The molecule has 0 fully saturated rings. The van der Waals surface area contributed by atoms with E-state index >= 15 is 0 Å². The highest BCUT2D eigenvalue weighted by Crippen LogP contribution is 2.19. The van der Waals surface area contributed by atoms with Crippen LogP contribution in [0.2, 0.25) is 0 Å². The molecule has 0 unspecified atom stereocenters.